The van der Waals surface area contributed by atoms with E-state index in [1.807, 2.05) is 18.2 Å². The van der Waals surface area contributed by atoms with Crippen molar-refractivity contribution in [3.63, 3.8) is 0 Å². The zero-order chi connectivity index (χ0) is 20.1. The van der Waals surface area contributed by atoms with Gasteiger partial charge in [0.05, 0.1) is 12.8 Å². The summed E-state index contributed by atoms with van der Waals surface area (Å²) in [4.78, 5) is 16.8. The first-order chi connectivity index (χ1) is 13.4. The van der Waals surface area contributed by atoms with Crippen LogP contribution < -0.4 is 14.8 Å². The Labute approximate surface area is 165 Å². The van der Waals surface area contributed by atoms with Gasteiger partial charge in [0.25, 0.3) is 5.91 Å². The Morgan fingerprint density at radius 2 is 1.71 bits per heavy atom. The average molecular weight is 376 g/mol. The van der Waals surface area contributed by atoms with Crippen molar-refractivity contribution in [1.29, 1.82) is 0 Å². The van der Waals surface area contributed by atoms with E-state index >= 15 is 0 Å². The molecular weight excluding hydrogens is 352 g/mol. The number of nitrogens with one attached hydrogen (secondary N) is 1. The van der Waals surface area contributed by atoms with Gasteiger partial charge in [0, 0.05) is 18.0 Å². The Balaban J connectivity index is 1.82. The minimum atomic E-state index is -0.232. The topological polar surface area (TPSA) is 60.5 Å². The molecule has 28 heavy (non-hydrogen) atoms. The van der Waals surface area contributed by atoms with Gasteiger partial charge in [-0.15, -0.1) is 0 Å². The molecule has 3 aromatic rings. The molecule has 0 bridgehead atoms. The lowest BCUT2D eigenvalue weighted by atomic mass is 9.87. The van der Waals surface area contributed by atoms with Crippen molar-refractivity contribution < 1.29 is 14.3 Å². The highest BCUT2D eigenvalue weighted by Crippen LogP contribution is 2.32. The lowest BCUT2D eigenvalue weighted by molar-refractivity contribution is 0.102. The van der Waals surface area contributed by atoms with Gasteiger partial charge < -0.3 is 14.8 Å². The van der Waals surface area contributed by atoms with E-state index in [9.17, 15) is 4.79 Å². The third-order valence-electron chi connectivity index (χ3n) is 4.30. The molecule has 2 aromatic carbocycles. The Hall–Kier alpha value is -3.34. The van der Waals surface area contributed by atoms with E-state index in [4.69, 9.17) is 9.47 Å². The second kappa shape index (κ2) is 8.13. The SMILES string of the molecule is COc1ccc(C(C)(C)C)cc1NC(=O)c1cccc(Oc2ccncc2)c1. The number of benzene rings is 2. The summed E-state index contributed by atoms with van der Waals surface area (Å²) in [5, 5.41) is 2.95. The summed E-state index contributed by atoms with van der Waals surface area (Å²) < 4.78 is 11.2. The minimum absolute atomic E-state index is 0.0377. The van der Waals surface area contributed by atoms with Gasteiger partial charge in [0.1, 0.15) is 17.2 Å². The van der Waals surface area contributed by atoms with Crippen molar-refractivity contribution >= 4 is 11.6 Å². The summed E-state index contributed by atoms with van der Waals surface area (Å²) in [6.45, 7) is 6.38. The number of methoxy groups -OCH3 is 1. The predicted molar refractivity (Wildman–Crippen MR) is 110 cm³/mol. The Bertz CT molecular complexity index is 963. The van der Waals surface area contributed by atoms with Crippen LogP contribution in [0.4, 0.5) is 5.69 Å². The molecule has 3 rings (SSSR count). The molecule has 0 aliphatic heterocycles. The van der Waals surface area contributed by atoms with Crippen LogP contribution in [0.1, 0.15) is 36.7 Å². The summed E-state index contributed by atoms with van der Waals surface area (Å²) in [5.41, 5.74) is 2.21. The molecule has 5 heteroatoms. The molecule has 0 radical (unpaired) electrons. The van der Waals surface area contributed by atoms with Crippen molar-refractivity contribution in [2.24, 2.45) is 0 Å². The van der Waals surface area contributed by atoms with Crippen LogP contribution >= 0.6 is 0 Å². The van der Waals surface area contributed by atoms with Crippen LogP contribution in [0.5, 0.6) is 17.2 Å². The Kier molecular flexibility index (Phi) is 5.64. The summed E-state index contributed by atoms with van der Waals surface area (Å²) in [7, 11) is 1.59. The lowest BCUT2D eigenvalue weighted by Crippen LogP contribution is -2.15. The van der Waals surface area contributed by atoms with Crippen LogP contribution in [0.15, 0.2) is 67.0 Å². The summed E-state index contributed by atoms with van der Waals surface area (Å²) in [6, 6.07) is 16.4. The van der Waals surface area contributed by atoms with Gasteiger partial charge in [-0.1, -0.05) is 32.9 Å². The van der Waals surface area contributed by atoms with Crippen molar-refractivity contribution in [3.05, 3.63) is 78.1 Å². The van der Waals surface area contributed by atoms with E-state index in [0.717, 1.165) is 5.56 Å². The molecule has 144 valence electrons. The molecule has 0 spiro atoms. The van der Waals surface area contributed by atoms with Crippen LogP contribution in [0.3, 0.4) is 0 Å². The van der Waals surface area contributed by atoms with Gasteiger partial charge in [-0.3, -0.25) is 9.78 Å². The van der Waals surface area contributed by atoms with E-state index in [1.54, 1.807) is 55.9 Å². The fourth-order valence-corrected chi connectivity index (χ4v) is 2.71. The first kappa shape index (κ1) is 19.4. The molecule has 0 aliphatic carbocycles. The summed E-state index contributed by atoms with van der Waals surface area (Å²) in [6.07, 6.45) is 3.31. The molecule has 0 saturated carbocycles. The number of ether oxygens (including phenoxy) is 2. The van der Waals surface area contributed by atoms with E-state index < -0.39 is 0 Å². The molecule has 1 amide bonds. The van der Waals surface area contributed by atoms with E-state index in [0.29, 0.717) is 28.5 Å². The zero-order valence-electron chi connectivity index (χ0n) is 16.5. The van der Waals surface area contributed by atoms with Crippen molar-refractivity contribution in [1.82, 2.24) is 4.98 Å². The van der Waals surface area contributed by atoms with Crippen LogP contribution in [-0.2, 0) is 5.41 Å². The number of hydrogen-bond donors (Lipinski definition) is 1. The number of nitrogens with zero attached hydrogens (tertiary/aromatic N) is 1. The number of hydrogen-bond acceptors (Lipinski definition) is 4. The Morgan fingerprint density at radius 1 is 0.964 bits per heavy atom. The smallest absolute Gasteiger partial charge is 0.255 e. The normalized spacial score (nSPS) is 11.0. The van der Waals surface area contributed by atoms with Crippen molar-refractivity contribution in [3.8, 4) is 17.2 Å². The molecule has 5 nitrogen and oxygen atoms in total. The first-order valence-electron chi connectivity index (χ1n) is 9.04. The van der Waals surface area contributed by atoms with Gasteiger partial charge in [-0.2, -0.15) is 0 Å². The third-order valence-corrected chi connectivity index (χ3v) is 4.30. The molecule has 0 saturated heterocycles. The molecule has 0 atom stereocenters. The Morgan fingerprint density at radius 3 is 2.39 bits per heavy atom. The number of rotatable bonds is 5. The highest BCUT2D eigenvalue weighted by molar-refractivity contribution is 6.05. The molecule has 1 aromatic heterocycles. The average Bonchev–Trinajstić information content (AvgIpc) is 2.68. The van der Waals surface area contributed by atoms with Gasteiger partial charge in [-0.05, 0) is 53.4 Å². The minimum Gasteiger partial charge on any atom is -0.495 e. The standard InChI is InChI=1S/C23H24N2O3/c1-23(2,3)17-8-9-21(27-4)20(15-17)25-22(26)16-6-5-7-19(14-16)28-18-10-12-24-13-11-18/h5-15H,1-4H3,(H,25,26). The monoisotopic (exact) mass is 376 g/mol. The number of carbonyl (C=O) groups excluding carboxylic acids is 1. The molecule has 0 fully saturated rings. The van der Waals surface area contributed by atoms with E-state index in [-0.39, 0.29) is 11.3 Å². The quantitative estimate of drug-likeness (QED) is 0.645. The number of carbonyl (C=O) groups is 1. The maximum absolute atomic E-state index is 12.8. The van der Waals surface area contributed by atoms with Gasteiger partial charge in [-0.25, -0.2) is 0 Å². The number of anilines is 1. The first-order valence-corrected chi connectivity index (χ1v) is 9.04. The van der Waals surface area contributed by atoms with Crippen LogP contribution in [0.25, 0.3) is 0 Å². The van der Waals surface area contributed by atoms with E-state index in [2.05, 4.69) is 31.1 Å². The number of aromatic nitrogens is 1. The van der Waals surface area contributed by atoms with Crippen molar-refractivity contribution in [2.45, 2.75) is 26.2 Å². The van der Waals surface area contributed by atoms with Crippen LogP contribution in [0.2, 0.25) is 0 Å². The number of pyridine rings is 1. The molecule has 1 N–H and O–H groups in total. The fourth-order valence-electron chi connectivity index (χ4n) is 2.71. The van der Waals surface area contributed by atoms with Gasteiger partial charge in [0.2, 0.25) is 0 Å². The molecule has 1 heterocycles. The molecular formula is C23H24N2O3. The maximum Gasteiger partial charge on any atom is 0.255 e. The van der Waals surface area contributed by atoms with Crippen LogP contribution in [0, 0.1) is 0 Å². The van der Waals surface area contributed by atoms with Gasteiger partial charge in [0.15, 0.2) is 0 Å². The second-order valence-electron chi connectivity index (χ2n) is 7.43. The van der Waals surface area contributed by atoms with Gasteiger partial charge >= 0.3 is 0 Å². The predicted octanol–water partition coefficient (Wildman–Crippen LogP) is 5.43. The fraction of sp³-hybridized carbons (Fsp3) is 0.217. The van der Waals surface area contributed by atoms with Crippen molar-refractivity contribution in [2.75, 3.05) is 12.4 Å². The largest absolute Gasteiger partial charge is 0.495 e. The van der Waals surface area contributed by atoms with Crippen LogP contribution in [-0.4, -0.2) is 18.0 Å². The molecule has 0 aliphatic rings. The van der Waals surface area contributed by atoms with E-state index in [1.165, 1.54) is 0 Å². The summed E-state index contributed by atoms with van der Waals surface area (Å²) in [5.74, 6) is 1.62. The zero-order valence-corrected chi connectivity index (χ0v) is 16.5. The third kappa shape index (κ3) is 4.68. The second-order valence-corrected chi connectivity index (χ2v) is 7.43. The highest BCUT2D eigenvalue weighted by Gasteiger charge is 2.17. The number of amides is 1. The highest BCUT2D eigenvalue weighted by atomic mass is 16.5. The summed E-state index contributed by atoms with van der Waals surface area (Å²) >= 11 is 0. The maximum atomic E-state index is 12.8. The lowest BCUT2D eigenvalue weighted by Gasteiger charge is -2.21. The molecule has 0 unspecified atom stereocenters.